The Bertz CT molecular complexity index is 533. The van der Waals surface area contributed by atoms with Gasteiger partial charge in [0.2, 0.25) is 5.75 Å². The van der Waals surface area contributed by atoms with Crippen LogP contribution in [-0.2, 0) is 11.0 Å². The predicted octanol–water partition coefficient (Wildman–Crippen LogP) is 2.24. The van der Waals surface area contributed by atoms with Crippen LogP contribution < -0.4 is 10.5 Å². The summed E-state index contributed by atoms with van der Waals surface area (Å²) in [5.74, 6) is -2.09. The number of halogens is 4. The Morgan fingerprint density at radius 3 is 2.47 bits per heavy atom. The number of nitro benzene ring substituents is 1. The molecule has 0 aliphatic rings. The van der Waals surface area contributed by atoms with Crippen LogP contribution in [0.2, 0.25) is 0 Å². The van der Waals surface area contributed by atoms with Crippen LogP contribution in [0.15, 0.2) is 16.6 Å². The number of rotatable bonds is 4. The average molecular weight is 343 g/mol. The molecule has 0 spiro atoms. The highest BCUT2D eigenvalue weighted by Gasteiger charge is 2.38. The van der Waals surface area contributed by atoms with Gasteiger partial charge in [0.1, 0.15) is 5.56 Å². The minimum atomic E-state index is -4.87. The molecule has 104 valence electrons. The second-order valence-corrected chi connectivity index (χ2v) is 4.23. The lowest BCUT2D eigenvalue weighted by Crippen LogP contribution is -2.22. The molecule has 0 aliphatic carbocycles. The molecule has 2 N–H and O–H groups in total. The van der Waals surface area contributed by atoms with E-state index in [4.69, 9.17) is 5.73 Å². The number of carbonyl (C=O) groups is 1. The largest absolute Gasteiger partial charge is 0.476 e. The standard InChI is InChI=1S/C9H6BrF3N2O4/c10-4-1-5(9(11,12)13)8(19-3-7(14)16)6(2-4)15(17)18/h1-2H,3H2,(H2,14,16). The summed E-state index contributed by atoms with van der Waals surface area (Å²) in [6.45, 7) is -0.897. The van der Waals surface area contributed by atoms with Crippen LogP contribution >= 0.6 is 15.9 Å². The van der Waals surface area contributed by atoms with E-state index in [1.54, 1.807) is 0 Å². The first-order valence-electron chi connectivity index (χ1n) is 4.59. The molecule has 0 radical (unpaired) electrons. The Hall–Kier alpha value is -1.84. The lowest BCUT2D eigenvalue weighted by Gasteiger charge is -2.13. The zero-order valence-electron chi connectivity index (χ0n) is 9.03. The van der Waals surface area contributed by atoms with Crippen molar-refractivity contribution in [2.75, 3.05) is 6.61 Å². The fourth-order valence-electron chi connectivity index (χ4n) is 1.22. The highest BCUT2D eigenvalue weighted by molar-refractivity contribution is 9.10. The summed E-state index contributed by atoms with van der Waals surface area (Å²) < 4.78 is 42.6. The summed E-state index contributed by atoms with van der Waals surface area (Å²) in [5.41, 5.74) is 2.45. The molecule has 0 atom stereocenters. The van der Waals surface area contributed by atoms with Crippen LogP contribution in [0, 0.1) is 10.1 Å². The molecule has 0 aliphatic heterocycles. The van der Waals surface area contributed by atoms with Gasteiger partial charge < -0.3 is 10.5 Å². The molecule has 0 saturated carbocycles. The first-order valence-corrected chi connectivity index (χ1v) is 5.38. The molecule has 1 rings (SSSR count). The van der Waals surface area contributed by atoms with E-state index in [1.807, 2.05) is 0 Å². The second-order valence-electron chi connectivity index (χ2n) is 3.31. The van der Waals surface area contributed by atoms with E-state index < -0.39 is 40.6 Å². The molecular formula is C9H6BrF3N2O4. The molecule has 6 nitrogen and oxygen atoms in total. The maximum atomic E-state index is 12.8. The van der Waals surface area contributed by atoms with Gasteiger partial charge in [0.25, 0.3) is 5.91 Å². The minimum Gasteiger partial charge on any atom is -0.476 e. The summed E-state index contributed by atoms with van der Waals surface area (Å²) in [7, 11) is 0. The van der Waals surface area contributed by atoms with Crippen LogP contribution in [0.1, 0.15) is 5.56 Å². The molecule has 0 unspecified atom stereocenters. The Labute approximate surface area is 112 Å². The third kappa shape index (κ3) is 3.81. The third-order valence-corrected chi connectivity index (χ3v) is 2.35. The van der Waals surface area contributed by atoms with E-state index in [0.29, 0.717) is 6.07 Å². The fraction of sp³-hybridized carbons (Fsp3) is 0.222. The van der Waals surface area contributed by atoms with Gasteiger partial charge in [-0.2, -0.15) is 13.2 Å². The molecule has 1 amide bonds. The number of nitrogens with zero attached hydrogens (tertiary/aromatic N) is 1. The van der Waals surface area contributed by atoms with Gasteiger partial charge in [0.15, 0.2) is 6.61 Å². The van der Waals surface area contributed by atoms with Crippen LogP contribution in [-0.4, -0.2) is 17.4 Å². The summed E-state index contributed by atoms with van der Waals surface area (Å²) in [5, 5.41) is 10.7. The zero-order valence-corrected chi connectivity index (χ0v) is 10.6. The maximum Gasteiger partial charge on any atom is 0.420 e. The zero-order chi connectivity index (χ0) is 14.8. The third-order valence-electron chi connectivity index (χ3n) is 1.89. The van der Waals surface area contributed by atoms with Crippen LogP contribution in [0.3, 0.4) is 0 Å². The highest BCUT2D eigenvalue weighted by atomic mass is 79.9. The van der Waals surface area contributed by atoms with E-state index >= 15 is 0 Å². The number of nitro groups is 1. The van der Waals surface area contributed by atoms with E-state index in [2.05, 4.69) is 20.7 Å². The number of nitrogens with two attached hydrogens (primary N) is 1. The summed E-state index contributed by atoms with van der Waals surface area (Å²) in [6, 6.07) is 1.45. The first kappa shape index (κ1) is 15.2. The Morgan fingerprint density at radius 2 is 2.05 bits per heavy atom. The molecule has 1 aromatic rings. The van der Waals surface area contributed by atoms with Crippen molar-refractivity contribution in [3.05, 3.63) is 32.3 Å². The fourth-order valence-corrected chi connectivity index (χ4v) is 1.67. The van der Waals surface area contributed by atoms with Crippen molar-refractivity contribution in [3.63, 3.8) is 0 Å². The van der Waals surface area contributed by atoms with Crippen molar-refractivity contribution in [1.29, 1.82) is 0 Å². The highest BCUT2D eigenvalue weighted by Crippen LogP contribution is 2.43. The number of ether oxygens (including phenoxy) is 1. The van der Waals surface area contributed by atoms with Crippen molar-refractivity contribution >= 4 is 27.5 Å². The predicted molar refractivity (Wildman–Crippen MR) is 60.5 cm³/mol. The van der Waals surface area contributed by atoms with Gasteiger partial charge in [-0.05, 0) is 6.07 Å². The van der Waals surface area contributed by atoms with E-state index in [1.165, 1.54) is 0 Å². The molecule has 1 aromatic carbocycles. The van der Waals surface area contributed by atoms with Crippen molar-refractivity contribution in [3.8, 4) is 5.75 Å². The van der Waals surface area contributed by atoms with E-state index in [9.17, 15) is 28.1 Å². The molecule has 19 heavy (non-hydrogen) atoms. The molecule has 0 saturated heterocycles. The normalized spacial score (nSPS) is 11.2. The molecular weight excluding hydrogens is 337 g/mol. The van der Waals surface area contributed by atoms with Crippen molar-refractivity contribution in [2.45, 2.75) is 6.18 Å². The van der Waals surface area contributed by atoms with Crippen LogP contribution in [0.5, 0.6) is 5.75 Å². The smallest absolute Gasteiger partial charge is 0.420 e. The molecule has 10 heteroatoms. The number of alkyl halides is 3. The summed E-state index contributed by atoms with van der Waals surface area (Å²) in [6.07, 6.45) is -4.87. The average Bonchev–Trinajstić information content (AvgIpc) is 2.24. The van der Waals surface area contributed by atoms with Crippen molar-refractivity contribution < 1.29 is 27.6 Å². The van der Waals surface area contributed by atoms with Crippen LogP contribution in [0.25, 0.3) is 0 Å². The lowest BCUT2D eigenvalue weighted by molar-refractivity contribution is -0.386. The Morgan fingerprint density at radius 1 is 1.47 bits per heavy atom. The van der Waals surface area contributed by atoms with E-state index in [-0.39, 0.29) is 4.47 Å². The monoisotopic (exact) mass is 342 g/mol. The Kier molecular flexibility index (Phi) is 4.35. The topological polar surface area (TPSA) is 95.5 Å². The molecule has 0 bridgehead atoms. The van der Waals surface area contributed by atoms with Gasteiger partial charge in [-0.15, -0.1) is 0 Å². The van der Waals surface area contributed by atoms with Crippen LogP contribution in [0.4, 0.5) is 18.9 Å². The van der Waals surface area contributed by atoms with Crippen molar-refractivity contribution in [1.82, 2.24) is 0 Å². The van der Waals surface area contributed by atoms with Gasteiger partial charge >= 0.3 is 11.9 Å². The summed E-state index contributed by atoms with van der Waals surface area (Å²) in [4.78, 5) is 20.2. The van der Waals surface area contributed by atoms with Gasteiger partial charge in [0.05, 0.1) is 4.92 Å². The number of hydrogen-bond donors (Lipinski definition) is 1. The SMILES string of the molecule is NC(=O)COc1c([N+](=O)[O-])cc(Br)cc1C(F)(F)F. The van der Waals surface area contributed by atoms with Crippen molar-refractivity contribution in [2.24, 2.45) is 5.73 Å². The van der Waals surface area contributed by atoms with Gasteiger partial charge in [-0.1, -0.05) is 15.9 Å². The number of amides is 1. The van der Waals surface area contributed by atoms with Gasteiger partial charge in [-0.3, -0.25) is 14.9 Å². The quantitative estimate of drug-likeness (QED) is 0.670. The number of primary amides is 1. The number of hydrogen-bond acceptors (Lipinski definition) is 4. The Balaban J connectivity index is 3.43. The first-order chi connectivity index (χ1) is 8.62. The number of benzene rings is 1. The number of carbonyl (C=O) groups excluding carboxylic acids is 1. The molecule has 0 fully saturated rings. The van der Waals surface area contributed by atoms with Gasteiger partial charge in [0, 0.05) is 10.5 Å². The molecule has 0 heterocycles. The van der Waals surface area contributed by atoms with Gasteiger partial charge in [-0.25, -0.2) is 0 Å². The summed E-state index contributed by atoms with van der Waals surface area (Å²) >= 11 is 2.74. The molecule has 0 aromatic heterocycles. The van der Waals surface area contributed by atoms with E-state index in [0.717, 1.165) is 6.07 Å². The second kappa shape index (κ2) is 5.43. The lowest BCUT2D eigenvalue weighted by atomic mass is 10.1. The minimum absolute atomic E-state index is 0.141. The maximum absolute atomic E-state index is 12.8.